The third-order valence-corrected chi connectivity index (χ3v) is 3.08. The van der Waals surface area contributed by atoms with E-state index in [1.807, 2.05) is 30.3 Å². The molecule has 0 saturated carbocycles. The molecule has 1 aromatic heterocycles. The molecule has 0 spiro atoms. The molecule has 2 aromatic rings. The number of carbonyl (C=O) groups excluding carboxylic acids is 1. The second kappa shape index (κ2) is 6.69. The van der Waals surface area contributed by atoms with Crippen LogP contribution in [0.2, 0.25) is 0 Å². The molecule has 0 radical (unpaired) electrons. The molecular weight excluding hydrogens is 270 g/mol. The molecule has 0 aliphatic carbocycles. The number of aromatic nitrogens is 2. The van der Waals surface area contributed by atoms with Crippen LogP contribution in [0.1, 0.15) is 22.3 Å². The first-order chi connectivity index (χ1) is 10.1. The van der Waals surface area contributed by atoms with Gasteiger partial charge in [-0.2, -0.15) is 5.10 Å². The van der Waals surface area contributed by atoms with Crippen molar-refractivity contribution < 1.29 is 14.7 Å². The van der Waals surface area contributed by atoms with E-state index in [1.165, 1.54) is 11.1 Å². The Morgan fingerprint density at radius 1 is 1.29 bits per heavy atom. The van der Waals surface area contributed by atoms with E-state index < -0.39 is 5.97 Å². The molecule has 2 rings (SSSR count). The Kier molecular flexibility index (Phi) is 4.71. The van der Waals surface area contributed by atoms with Gasteiger partial charge >= 0.3 is 5.97 Å². The average molecular weight is 287 g/mol. The summed E-state index contributed by atoms with van der Waals surface area (Å²) in [4.78, 5) is 24.0. The summed E-state index contributed by atoms with van der Waals surface area (Å²) < 4.78 is 1.69. The van der Waals surface area contributed by atoms with Crippen LogP contribution in [0.5, 0.6) is 0 Å². The second-order valence-electron chi connectivity index (χ2n) is 4.78. The lowest BCUT2D eigenvalue weighted by molar-refractivity contribution is -0.137. The van der Waals surface area contributed by atoms with Gasteiger partial charge < -0.3 is 10.0 Å². The first kappa shape index (κ1) is 14.8. The normalized spacial score (nSPS) is 10.3. The smallest absolute Gasteiger partial charge is 0.305 e. The van der Waals surface area contributed by atoms with Crippen LogP contribution in [0.4, 0.5) is 0 Å². The van der Waals surface area contributed by atoms with Gasteiger partial charge in [-0.1, -0.05) is 30.3 Å². The highest BCUT2D eigenvalue weighted by Gasteiger charge is 2.14. The fourth-order valence-corrected chi connectivity index (χ4v) is 1.92. The summed E-state index contributed by atoms with van der Waals surface area (Å²) in [6, 6.07) is 9.82. The van der Waals surface area contributed by atoms with E-state index in [1.54, 1.807) is 17.9 Å². The molecule has 1 heterocycles. The fraction of sp³-hybridized carbons (Fsp3) is 0.267. The van der Waals surface area contributed by atoms with E-state index in [2.05, 4.69) is 5.10 Å². The maximum atomic E-state index is 12.1. The number of nitrogens with zero attached hydrogens (tertiary/aromatic N) is 3. The Bertz CT molecular complexity index is 622. The summed E-state index contributed by atoms with van der Waals surface area (Å²) >= 11 is 0. The molecule has 0 saturated heterocycles. The van der Waals surface area contributed by atoms with Crippen molar-refractivity contribution in [3.05, 3.63) is 53.9 Å². The third-order valence-electron chi connectivity index (χ3n) is 3.08. The van der Waals surface area contributed by atoms with Crippen LogP contribution in [0.25, 0.3) is 0 Å². The highest BCUT2D eigenvalue weighted by molar-refractivity contribution is 5.93. The number of benzene rings is 1. The molecular formula is C15H17N3O3. The summed E-state index contributed by atoms with van der Waals surface area (Å²) in [5.41, 5.74) is 1.55. The molecule has 1 N–H and O–H groups in total. The van der Waals surface area contributed by atoms with Crippen molar-refractivity contribution in [1.29, 1.82) is 0 Å². The highest BCUT2D eigenvalue weighted by atomic mass is 16.4. The number of amides is 1. The molecule has 0 unspecified atom stereocenters. The zero-order valence-electron chi connectivity index (χ0n) is 11.8. The Morgan fingerprint density at radius 3 is 2.67 bits per heavy atom. The van der Waals surface area contributed by atoms with Gasteiger partial charge in [0.2, 0.25) is 0 Å². The number of hydrogen-bond donors (Lipinski definition) is 1. The molecule has 1 amide bonds. The van der Waals surface area contributed by atoms with E-state index >= 15 is 0 Å². The van der Waals surface area contributed by atoms with Crippen LogP contribution in [-0.2, 0) is 11.3 Å². The van der Waals surface area contributed by atoms with Crippen molar-refractivity contribution in [3.8, 4) is 0 Å². The molecule has 0 atom stereocenters. The minimum atomic E-state index is -0.922. The van der Waals surface area contributed by atoms with Crippen LogP contribution in [-0.4, -0.2) is 45.3 Å². The third kappa shape index (κ3) is 4.17. The van der Waals surface area contributed by atoms with Gasteiger partial charge in [0.05, 0.1) is 24.7 Å². The van der Waals surface area contributed by atoms with E-state index in [-0.39, 0.29) is 18.9 Å². The second-order valence-corrected chi connectivity index (χ2v) is 4.78. The van der Waals surface area contributed by atoms with Crippen molar-refractivity contribution >= 4 is 11.9 Å². The Morgan fingerprint density at radius 2 is 2.00 bits per heavy atom. The first-order valence-corrected chi connectivity index (χ1v) is 6.60. The quantitative estimate of drug-likeness (QED) is 0.873. The zero-order valence-corrected chi connectivity index (χ0v) is 11.8. The lowest BCUT2D eigenvalue weighted by Gasteiger charge is -2.14. The number of carboxylic acid groups (broad SMARTS) is 1. The van der Waals surface area contributed by atoms with Crippen molar-refractivity contribution in [2.45, 2.75) is 13.0 Å². The summed E-state index contributed by atoms with van der Waals surface area (Å²) in [5.74, 6) is -1.15. The topological polar surface area (TPSA) is 75.4 Å². The van der Waals surface area contributed by atoms with Crippen molar-refractivity contribution in [1.82, 2.24) is 14.7 Å². The Labute approximate surface area is 122 Å². The van der Waals surface area contributed by atoms with Gasteiger partial charge in [-0.3, -0.25) is 14.3 Å². The molecule has 110 valence electrons. The minimum Gasteiger partial charge on any atom is -0.481 e. The maximum Gasteiger partial charge on any atom is 0.305 e. The van der Waals surface area contributed by atoms with Gasteiger partial charge in [0.15, 0.2) is 0 Å². The number of rotatable bonds is 6. The monoisotopic (exact) mass is 287 g/mol. The number of aliphatic carboxylic acids is 1. The molecule has 0 fully saturated rings. The number of carboxylic acids is 1. The summed E-state index contributed by atoms with van der Waals surface area (Å²) in [5, 5.41) is 12.8. The average Bonchev–Trinajstić information content (AvgIpc) is 2.93. The molecule has 0 aliphatic heterocycles. The summed E-state index contributed by atoms with van der Waals surface area (Å²) in [6.45, 7) is 0.769. The molecule has 1 aromatic carbocycles. The lowest BCUT2D eigenvalue weighted by atomic mass is 10.2. The van der Waals surface area contributed by atoms with Crippen LogP contribution in [0.3, 0.4) is 0 Å². The van der Waals surface area contributed by atoms with Gasteiger partial charge in [0.25, 0.3) is 5.91 Å². The van der Waals surface area contributed by atoms with Crippen LogP contribution < -0.4 is 0 Å². The first-order valence-electron chi connectivity index (χ1n) is 6.60. The van der Waals surface area contributed by atoms with E-state index in [4.69, 9.17) is 5.11 Å². The zero-order chi connectivity index (χ0) is 15.2. The predicted octanol–water partition coefficient (Wildman–Crippen LogP) is 1.48. The molecule has 0 bridgehead atoms. The minimum absolute atomic E-state index is 0.0691. The summed E-state index contributed by atoms with van der Waals surface area (Å²) in [7, 11) is 1.58. The largest absolute Gasteiger partial charge is 0.481 e. The standard InChI is InChI=1S/C15H17N3O3/c1-17(8-7-14(19)20)15(21)13-9-16-18(11-13)10-12-5-3-2-4-6-12/h2-6,9,11H,7-8,10H2,1H3,(H,19,20). The van der Waals surface area contributed by atoms with Crippen molar-refractivity contribution in [2.24, 2.45) is 0 Å². The van der Waals surface area contributed by atoms with Gasteiger partial charge in [-0.15, -0.1) is 0 Å². The summed E-state index contributed by atoms with van der Waals surface area (Å²) in [6.07, 6.45) is 3.11. The molecule has 6 heteroatoms. The fourth-order valence-electron chi connectivity index (χ4n) is 1.92. The van der Waals surface area contributed by atoms with Crippen LogP contribution in [0.15, 0.2) is 42.7 Å². The number of carbonyl (C=O) groups is 2. The van der Waals surface area contributed by atoms with Gasteiger partial charge in [-0.05, 0) is 5.56 Å². The predicted molar refractivity (Wildman–Crippen MR) is 77.0 cm³/mol. The molecule has 0 aliphatic rings. The lowest BCUT2D eigenvalue weighted by Crippen LogP contribution is -2.28. The van der Waals surface area contributed by atoms with Gasteiger partial charge in [0.1, 0.15) is 0 Å². The van der Waals surface area contributed by atoms with Gasteiger partial charge in [0, 0.05) is 19.8 Å². The van der Waals surface area contributed by atoms with Gasteiger partial charge in [-0.25, -0.2) is 0 Å². The van der Waals surface area contributed by atoms with Crippen molar-refractivity contribution in [3.63, 3.8) is 0 Å². The molecule has 6 nitrogen and oxygen atoms in total. The van der Waals surface area contributed by atoms with E-state index in [9.17, 15) is 9.59 Å². The molecule has 21 heavy (non-hydrogen) atoms. The van der Waals surface area contributed by atoms with Crippen LogP contribution in [0, 0.1) is 0 Å². The van der Waals surface area contributed by atoms with E-state index in [0.717, 1.165) is 5.56 Å². The van der Waals surface area contributed by atoms with Crippen LogP contribution >= 0.6 is 0 Å². The van der Waals surface area contributed by atoms with E-state index in [0.29, 0.717) is 12.1 Å². The Hall–Kier alpha value is -2.63. The Balaban J connectivity index is 1.99. The maximum absolute atomic E-state index is 12.1. The number of hydrogen-bond acceptors (Lipinski definition) is 3. The van der Waals surface area contributed by atoms with Crippen molar-refractivity contribution in [2.75, 3.05) is 13.6 Å². The highest BCUT2D eigenvalue weighted by Crippen LogP contribution is 2.06. The SMILES string of the molecule is CN(CCC(=O)O)C(=O)c1cnn(Cc2ccccc2)c1.